The van der Waals surface area contributed by atoms with Crippen molar-refractivity contribution in [3.8, 4) is 11.4 Å². The number of ketones is 1. The minimum Gasteiger partial charge on any atom is -0.377 e. The van der Waals surface area contributed by atoms with Crippen LogP contribution in [-0.2, 0) is 34.6 Å². The van der Waals surface area contributed by atoms with Crippen LogP contribution < -0.4 is 5.56 Å². The summed E-state index contributed by atoms with van der Waals surface area (Å²) in [7, 11) is 1.18. The first-order valence-electron chi connectivity index (χ1n) is 13.4. The van der Waals surface area contributed by atoms with E-state index in [0.717, 1.165) is 4.90 Å². The summed E-state index contributed by atoms with van der Waals surface area (Å²) < 4.78 is 56.3. The van der Waals surface area contributed by atoms with Gasteiger partial charge in [-0.15, -0.1) is 0 Å². The lowest BCUT2D eigenvalue weighted by Gasteiger charge is -2.36. The second-order valence-corrected chi connectivity index (χ2v) is 11.1. The summed E-state index contributed by atoms with van der Waals surface area (Å²) in [5, 5.41) is 21.5. The fourth-order valence-electron chi connectivity index (χ4n) is 6.79. The predicted octanol–water partition coefficient (Wildman–Crippen LogP) is 3.35. The number of nitrogens with zero attached hydrogens (tertiary/aromatic N) is 3. The summed E-state index contributed by atoms with van der Waals surface area (Å²) in [4.78, 5) is 44.8. The molecule has 0 unspecified atom stereocenters. The average molecular weight is 574 g/mol. The molecular formula is C29H27F4N3O5. The number of carbonyl (C=O) groups is 2. The number of alkyl halides is 3. The maximum Gasteiger partial charge on any atom is 0.423 e. The molecule has 216 valence electrons. The largest absolute Gasteiger partial charge is 0.423 e. The first kappa shape index (κ1) is 27.5. The number of Topliss-reactive ketones (excluding diaryl/α,β-unsaturated/α-hetero) is 1. The van der Waals surface area contributed by atoms with E-state index in [9.17, 15) is 37.8 Å². The Bertz CT molecular complexity index is 1750. The molecule has 1 amide bonds. The van der Waals surface area contributed by atoms with Gasteiger partial charge in [0.1, 0.15) is 11.4 Å². The lowest BCUT2D eigenvalue weighted by molar-refractivity contribution is -0.211. The van der Waals surface area contributed by atoms with E-state index in [1.165, 1.54) is 17.7 Å². The molecule has 3 aliphatic rings. The Morgan fingerprint density at radius 3 is 2.56 bits per heavy atom. The van der Waals surface area contributed by atoms with Gasteiger partial charge in [0.15, 0.2) is 5.78 Å². The van der Waals surface area contributed by atoms with Crippen LogP contribution in [0.4, 0.5) is 17.6 Å². The second kappa shape index (κ2) is 8.93. The molecule has 8 nitrogen and oxygen atoms in total. The van der Waals surface area contributed by atoms with Gasteiger partial charge in [0.05, 0.1) is 29.5 Å². The molecule has 1 aliphatic heterocycles. The van der Waals surface area contributed by atoms with Crippen LogP contribution in [0.15, 0.2) is 16.9 Å². The summed E-state index contributed by atoms with van der Waals surface area (Å²) >= 11 is 0. The van der Waals surface area contributed by atoms with Gasteiger partial charge in [-0.3, -0.25) is 14.4 Å². The minimum atomic E-state index is -5.16. The van der Waals surface area contributed by atoms with Gasteiger partial charge in [0.2, 0.25) is 6.10 Å². The number of likely N-dealkylation sites (N-methyl/N-ethyl adjacent to an activating group) is 1. The SMILES string of the molecule is CC[C@@]1(O)C(=O)CCc2c1cc1n(c2=O)Cc2c-1nc1cc(F)c(C)c3c1c2[C@@H](N(C)C(=O)[C@@H](O)C(F)(F)F)CC3. The number of aryl methyl sites for hydroxylation is 1. The molecule has 2 aromatic heterocycles. The highest BCUT2D eigenvalue weighted by atomic mass is 19.4. The number of fused-ring (bicyclic) bond motifs is 5. The van der Waals surface area contributed by atoms with Crippen molar-refractivity contribution in [3.05, 3.63) is 61.7 Å². The van der Waals surface area contributed by atoms with Crippen LogP contribution in [-0.4, -0.2) is 55.7 Å². The zero-order chi connectivity index (χ0) is 29.8. The van der Waals surface area contributed by atoms with E-state index in [2.05, 4.69) is 0 Å². The molecule has 12 heteroatoms. The Balaban J connectivity index is 1.62. The number of pyridine rings is 2. The van der Waals surface area contributed by atoms with Crippen LogP contribution in [0, 0.1) is 12.7 Å². The van der Waals surface area contributed by atoms with Crippen molar-refractivity contribution in [1.29, 1.82) is 0 Å². The number of hydrogen-bond acceptors (Lipinski definition) is 6. The molecule has 3 heterocycles. The quantitative estimate of drug-likeness (QED) is 0.364. The summed E-state index contributed by atoms with van der Waals surface area (Å²) in [6.07, 6.45) is -7.77. The summed E-state index contributed by atoms with van der Waals surface area (Å²) in [5.74, 6) is -2.45. The Morgan fingerprint density at radius 2 is 1.90 bits per heavy atom. The summed E-state index contributed by atoms with van der Waals surface area (Å²) in [5.41, 5.74) is 0.913. The lowest BCUT2D eigenvalue weighted by atomic mass is 9.77. The number of aliphatic hydroxyl groups excluding tert-OH is 1. The zero-order valence-electron chi connectivity index (χ0n) is 22.5. The summed E-state index contributed by atoms with van der Waals surface area (Å²) in [6.45, 7) is 3.23. The maximum absolute atomic E-state index is 15.0. The molecule has 0 radical (unpaired) electrons. The number of halogens is 4. The predicted molar refractivity (Wildman–Crippen MR) is 139 cm³/mol. The molecule has 0 spiro atoms. The third-order valence-electron chi connectivity index (χ3n) is 9.08. The van der Waals surface area contributed by atoms with Gasteiger partial charge in [-0.25, -0.2) is 9.37 Å². The van der Waals surface area contributed by atoms with Gasteiger partial charge in [0, 0.05) is 41.6 Å². The fraction of sp³-hybridized carbons (Fsp3) is 0.448. The highest BCUT2D eigenvalue weighted by Crippen LogP contribution is 2.47. The maximum atomic E-state index is 15.0. The topological polar surface area (TPSA) is 113 Å². The van der Waals surface area contributed by atoms with E-state index in [4.69, 9.17) is 4.98 Å². The highest BCUT2D eigenvalue weighted by molar-refractivity contribution is 5.94. The molecular weight excluding hydrogens is 546 g/mol. The molecule has 0 bridgehead atoms. The van der Waals surface area contributed by atoms with Crippen LogP contribution in [0.2, 0.25) is 0 Å². The van der Waals surface area contributed by atoms with Gasteiger partial charge in [0.25, 0.3) is 11.5 Å². The van der Waals surface area contributed by atoms with Gasteiger partial charge < -0.3 is 19.7 Å². The first-order valence-corrected chi connectivity index (χ1v) is 13.4. The number of aliphatic hydroxyl groups is 2. The molecule has 2 N–H and O–H groups in total. The normalized spacial score (nSPS) is 21.9. The Hall–Kier alpha value is -3.64. The van der Waals surface area contributed by atoms with Crippen molar-refractivity contribution in [2.24, 2.45) is 0 Å². The molecule has 3 atom stereocenters. The van der Waals surface area contributed by atoms with Crippen molar-refractivity contribution < 1.29 is 37.4 Å². The second-order valence-electron chi connectivity index (χ2n) is 11.1. The molecule has 6 rings (SSSR count). The lowest BCUT2D eigenvalue weighted by Crippen LogP contribution is -2.46. The third-order valence-corrected chi connectivity index (χ3v) is 9.08. The minimum absolute atomic E-state index is 0.00465. The van der Waals surface area contributed by atoms with E-state index in [-0.39, 0.29) is 55.4 Å². The number of carbonyl (C=O) groups excluding carboxylic acids is 2. The molecule has 1 aromatic carbocycles. The van der Waals surface area contributed by atoms with Gasteiger partial charge >= 0.3 is 6.18 Å². The average Bonchev–Trinajstić information content (AvgIpc) is 3.30. The Morgan fingerprint density at radius 1 is 1.20 bits per heavy atom. The number of benzene rings is 1. The number of hydrogen-bond donors (Lipinski definition) is 2. The molecule has 0 saturated heterocycles. The number of rotatable bonds is 3. The van der Waals surface area contributed by atoms with E-state index in [1.807, 2.05) is 0 Å². The standard InChI is InChI=1S/C29H27F4N3O5/c1-4-28(41)16-9-20-24-15(11-36(20)26(39)14(16)6-8-21(28)37)23-19(35(3)27(40)25(38)29(31,32)33)7-5-13-12(2)17(30)10-18(34-24)22(13)23/h9-10,19,25,38,41H,4-8,11H2,1-3H3/t19-,25+,28-/m0/s1. The smallest absolute Gasteiger partial charge is 0.377 e. The van der Waals surface area contributed by atoms with Crippen LogP contribution in [0.1, 0.15) is 65.6 Å². The van der Waals surface area contributed by atoms with Crippen molar-refractivity contribution >= 4 is 22.6 Å². The Kier molecular flexibility index (Phi) is 5.99. The van der Waals surface area contributed by atoms with Crippen LogP contribution in [0.5, 0.6) is 0 Å². The monoisotopic (exact) mass is 573 g/mol. The molecule has 2 aliphatic carbocycles. The van der Waals surface area contributed by atoms with Crippen LogP contribution in [0.3, 0.4) is 0 Å². The van der Waals surface area contributed by atoms with E-state index < -0.39 is 47.0 Å². The molecule has 3 aromatic rings. The Labute approximate surface area is 231 Å². The third kappa shape index (κ3) is 3.72. The van der Waals surface area contributed by atoms with Crippen LogP contribution >= 0.6 is 0 Å². The summed E-state index contributed by atoms with van der Waals surface area (Å²) in [6, 6.07) is 1.85. The molecule has 0 saturated carbocycles. The van der Waals surface area contributed by atoms with Gasteiger partial charge in [-0.1, -0.05) is 6.92 Å². The molecule has 0 fully saturated rings. The van der Waals surface area contributed by atoms with E-state index in [0.29, 0.717) is 38.9 Å². The molecule has 41 heavy (non-hydrogen) atoms. The van der Waals surface area contributed by atoms with Crippen molar-refractivity contribution in [1.82, 2.24) is 14.5 Å². The zero-order valence-corrected chi connectivity index (χ0v) is 22.5. The fourth-order valence-corrected chi connectivity index (χ4v) is 6.79. The van der Waals surface area contributed by atoms with Gasteiger partial charge in [-0.05, 0) is 55.4 Å². The van der Waals surface area contributed by atoms with Crippen LogP contribution in [0.25, 0.3) is 22.3 Å². The van der Waals surface area contributed by atoms with Crippen molar-refractivity contribution in [3.63, 3.8) is 0 Å². The van der Waals surface area contributed by atoms with E-state index >= 15 is 4.39 Å². The van der Waals surface area contributed by atoms with Crippen molar-refractivity contribution in [2.75, 3.05) is 7.05 Å². The highest BCUT2D eigenvalue weighted by Gasteiger charge is 2.48. The number of aromatic nitrogens is 2. The first-order chi connectivity index (χ1) is 19.2. The van der Waals surface area contributed by atoms with Gasteiger partial charge in [-0.2, -0.15) is 13.2 Å². The van der Waals surface area contributed by atoms with E-state index in [1.54, 1.807) is 19.9 Å². The van der Waals surface area contributed by atoms with Crippen molar-refractivity contribution in [2.45, 2.75) is 76.4 Å². The number of amides is 1.